The Labute approximate surface area is 107 Å². The van der Waals surface area contributed by atoms with Gasteiger partial charge >= 0.3 is 0 Å². The van der Waals surface area contributed by atoms with Crippen molar-refractivity contribution >= 4 is 9.84 Å². The molecule has 0 aromatic carbocycles. The first-order valence-electron chi connectivity index (χ1n) is 6.29. The lowest BCUT2D eigenvalue weighted by Gasteiger charge is -2.24. The molecule has 18 heavy (non-hydrogen) atoms. The van der Waals surface area contributed by atoms with Crippen LogP contribution in [0.15, 0.2) is 4.42 Å². The molecule has 1 aliphatic heterocycles. The van der Waals surface area contributed by atoms with E-state index in [0.717, 1.165) is 13.0 Å². The Morgan fingerprint density at radius 1 is 1.33 bits per heavy atom. The topological polar surface area (TPSA) is 76.3 Å². The van der Waals surface area contributed by atoms with Crippen molar-refractivity contribution in [1.82, 2.24) is 15.1 Å². The zero-order chi connectivity index (χ0) is 13.2. The molecule has 1 aliphatic rings. The van der Waals surface area contributed by atoms with E-state index in [-0.39, 0.29) is 17.5 Å². The molecule has 7 heteroatoms. The minimum atomic E-state index is -2.85. The van der Waals surface area contributed by atoms with Gasteiger partial charge in [0, 0.05) is 12.5 Å². The lowest BCUT2D eigenvalue weighted by molar-refractivity contribution is 0.193. The van der Waals surface area contributed by atoms with Crippen LogP contribution in [0.2, 0.25) is 0 Å². The van der Waals surface area contributed by atoms with Crippen LogP contribution in [-0.4, -0.2) is 47.6 Å². The van der Waals surface area contributed by atoms with Gasteiger partial charge in [0.05, 0.1) is 18.1 Å². The minimum Gasteiger partial charge on any atom is -0.424 e. The highest BCUT2D eigenvalue weighted by Crippen LogP contribution is 2.19. The Kier molecular flexibility index (Phi) is 4.01. The van der Waals surface area contributed by atoms with Crippen LogP contribution in [-0.2, 0) is 22.8 Å². The average molecular weight is 273 g/mol. The molecule has 0 saturated carbocycles. The van der Waals surface area contributed by atoms with Crippen LogP contribution < -0.4 is 0 Å². The van der Waals surface area contributed by atoms with Gasteiger partial charge in [-0.3, -0.25) is 4.90 Å². The minimum absolute atomic E-state index is 0.0805. The molecular weight excluding hydrogens is 254 g/mol. The first-order chi connectivity index (χ1) is 8.54. The molecule has 0 radical (unpaired) electrons. The van der Waals surface area contributed by atoms with E-state index in [9.17, 15) is 8.42 Å². The van der Waals surface area contributed by atoms with Crippen molar-refractivity contribution in [3.8, 4) is 0 Å². The van der Waals surface area contributed by atoms with E-state index < -0.39 is 9.84 Å². The Hall–Kier alpha value is -0.950. The third-order valence-corrected chi connectivity index (χ3v) is 5.03. The van der Waals surface area contributed by atoms with Crippen LogP contribution in [0.1, 0.15) is 32.0 Å². The van der Waals surface area contributed by atoms with Gasteiger partial charge in [-0.2, -0.15) is 0 Å². The van der Waals surface area contributed by atoms with Crippen molar-refractivity contribution in [2.45, 2.75) is 39.3 Å². The van der Waals surface area contributed by atoms with Crippen LogP contribution in [0.3, 0.4) is 0 Å². The van der Waals surface area contributed by atoms with Gasteiger partial charge in [0.2, 0.25) is 11.8 Å². The van der Waals surface area contributed by atoms with Gasteiger partial charge in [-0.05, 0) is 13.0 Å². The molecular formula is C11H19N3O3S. The lowest BCUT2D eigenvalue weighted by atomic mass is 10.2. The monoisotopic (exact) mass is 273 g/mol. The van der Waals surface area contributed by atoms with Gasteiger partial charge < -0.3 is 4.42 Å². The van der Waals surface area contributed by atoms with E-state index in [1.165, 1.54) is 0 Å². The van der Waals surface area contributed by atoms with E-state index in [0.29, 0.717) is 24.7 Å². The maximum atomic E-state index is 11.5. The third-order valence-electron chi connectivity index (χ3n) is 3.28. The Morgan fingerprint density at radius 2 is 2.06 bits per heavy atom. The van der Waals surface area contributed by atoms with Gasteiger partial charge in [0.25, 0.3) is 0 Å². The smallest absolute Gasteiger partial charge is 0.230 e. The molecule has 2 heterocycles. The molecule has 1 aromatic rings. The molecule has 1 saturated heterocycles. The van der Waals surface area contributed by atoms with E-state index in [4.69, 9.17) is 4.42 Å². The van der Waals surface area contributed by atoms with Gasteiger partial charge in [-0.15, -0.1) is 10.2 Å². The fraction of sp³-hybridized carbons (Fsp3) is 0.818. The van der Waals surface area contributed by atoms with E-state index >= 15 is 0 Å². The summed E-state index contributed by atoms with van der Waals surface area (Å²) < 4.78 is 28.4. The fourth-order valence-corrected chi connectivity index (χ4v) is 3.99. The van der Waals surface area contributed by atoms with Crippen LogP contribution in [0.5, 0.6) is 0 Å². The number of aromatic nitrogens is 2. The summed E-state index contributed by atoms with van der Waals surface area (Å²) in [4.78, 5) is 2.09. The van der Waals surface area contributed by atoms with Crippen molar-refractivity contribution in [2.75, 3.05) is 18.1 Å². The van der Waals surface area contributed by atoms with E-state index in [2.05, 4.69) is 15.1 Å². The zero-order valence-corrected chi connectivity index (χ0v) is 11.6. The predicted molar refractivity (Wildman–Crippen MR) is 66.8 cm³/mol. The molecule has 1 aromatic heterocycles. The molecule has 1 fully saturated rings. The molecule has 0 N–H and O–H groups in total. The number of aryl methyl sites for hydroxylation is 1. The molecule has 1 atom stereocenters. The number of sulfone groups is 1. The molecule has 0 spiro atoms. The number of nitrogens with zero attached hydrogens (tertiary/aromatic N) is 3. The number of hydrogen-bond acceptors (Lipinski definition) is 6. The summed E-state index contributed by atoms with van der Waals surface area (Å²) in [5.41, 5.74) is 0. The standard InChI is InChI=1S/C11H19N3O3S/c1-3-10-12-13-11(17-10)7-14(4-2)9-5-6-18(15,16)8-9/h9H,3-8H2,1-2H3/t9-/m1/s1. The maximum absolute atomic E-state index is 11.5. The molecule has 0 bridgehead atoms. The average Bonchev–Trinajstić information content (AvgIpc) is 2.92. The highest BCUT2D eigenvalue weighted by atomic mass is 32.2. The maximum Gasteiger partial charge on any atom is 0.230 e. The van der Waals surface area contributed by atoms with Crippen molar-refractivity contribution in [2.24, 2.45) is 0 Å². The van der Waals surface area contributed by atoms with Gasteiger partial charge in [-0.1, -0.05) is 13.8 Å². The first-order valence-corrected chi connectivity index (χ1v) is 8.12. The summed E-state index contributed by atoms with van der Waals surface area (Å²) in [6.07, 6.45) is 1.42. The Morgan fingerprint density at radius 3 is 2.56 bits per heavy atom. The Balaban J connectivity index is 2.01. The summed E-state index contributed by atoms with van der Waals surface area (Å²) >= 11 is 0. The fourth-order valence-electron chi connectivity index (χ4n) is 2.23. The quantitative estimate of drug-likeness (QED) is 0.783. The highest BCUT2D eigenvalue weighted by molar-refractivity contribution is 7.91. The lowest BCUT2D eigenvalue weighted by Crippen LogP contribution is -2.35. The third kappa shape index (κ3) is 3.08. The molecule has 6 nitrogen and oxygen atoms in total. The Bertz CT molecular complexity index is 497. The first kappa shape index (κ1) is 13.5. The SMILES string of the molecule is CCc1nnc(CN(CC)[C@@H]2CCS(=O)(=O)C2)o1. The second kappa shape index (κ2) is 5.36. The summed E-state index contributed by atoms with van der Waals surface area (Å²) in [5.74, 6) is 1.73. The molecule has 0 amide bonds. The van der Waals surface area contributed by atoms with Gasteiger partial charge in [0.1, 0.15) is 0 Å². The van der Waals surface area contributed by atoms with Gasteiger partial charge in [-0.25, -0.2) is 8.42 Å². The van der Waals surface area contributed by atoms with Crippen molar-refractivity contribution < 1.29 is 12.8 Å². The molecule has 0 aliphatic carbocycles. The summed E-state index contributed by atoms with van der Waals surface area (Å²) in [7, 11) is -2.85. The van der Waals surface area contributed by atoms with Crippen LogP contribution in [0, 0.1) is 0 Å². The van der Waals surface area contributed by atoms with E-state index in [1.54, 1.807) is 0 Å². The second-order valence-corrected chi connectivity index (χ2v) is 6.79. The predicted octanol–water partition coefficient (Wildman–Crippen LogP) is 0.641. The van der Waals surface area contributed by atoms with Gasteiger partial charge in [0.15, 0.2) is 9.84 Å². The molecule has 2 rings (SSSR count). The molecule has 102 valence electrons. The summed E-state index contributed by atoms with van der Waals surface area (Å²) in [6, 6.07) is 0.0805. The van der Waals surface area contributed by atoms with Crippen molar-refractivity contribution in [1.29, 1.82) is 0 Å². The van der Waals surface area contributed by atoms with Crippen molar-refractivity contribution in [3.05, 3.63) is 11.8 Å². The number of hydrogen-bond donors (Lipinski definition) is 0. The second-order valence-electron chi connectivity index (χ2n) is 4.56. The number of rotatable bonds is 5. The van der Waals surface area contributed by atoms with Crippen LogP contribution in [0.4, 0.5) is 0 Å². The van der Waals surface area contributed by atoms with Crippen LogP contribution >= 0.6 is 0 Å². The van der Waals surface area contributed by atoms with Crippen LogP contribution in [0.25, 0.3) is 0 Å². The largest absolute Gasteiger partial charge is 0.424 e. The summed E-state index contributed by atoms with van der Waals surface area (Å²) in [5, 5.41) is 7.89. The van der Waals surface area contributed by atoms with E-state index in [1.807, 2.05) is 13.8 Å². The normalized spacial score (nSPS) is 22.7. The molecule has 0 unspecified atom stereocenters. The van der Waals surface area contributed by atoms with Crippen molar-refractivity contribution in [3.63, 3.8) is 0 Å². The highest BCUT2D eigenvalue weighted by Gasteiger charge is 2.32. The zero-order valence-electron chi connectivity index (χ0n) is 10.8. The summed E-state index contributed by atoms with van der Waals surface area (Å²) in [6.45, 7) is 5.29.